The topological polar surface area (TPSA) is 116 Å². The Labute approximate surface area is 128 Å². The molecule has 1 heterocycles. The molecule has 1 aliphatic rings. The third-order valence-corrected chi connectivity index (χ3v) is 4.57. The first kappa shape index (κ1) is 14.6. The Bertz CT molecular complexity index is 887. The van der Waals surface area contributed by atoms with Crippen molar-refractivity contribution in [2.75, 3.05) is 6.26 Å². The summed E-state index contributed by atoms with van der Waals surface area (Å²) in [5.74, 6) is 0.145. The summed E-state index contributed by atoms with van der Waals surface area (Å²) in [7, 11) is -3.40. The molecule has 7 nitrogen and oxygen atoms in total. The van der Waals surface area contributed by atoms with E-state index in [1.165, 1.54) is 10.2 Å². The summed E-state index contributed by atoms with van der Waals surface area (Å²) in [5.41, 5.74) is 12.8. The van der Waals surface area contributed by atoms with Crippen LogP contribution in [0.3, 0.4) is 0 Å². The van der Waals surface area contributed by atoms with Crippen molar-refractivity contribution in [1.29, 1.82) is 0 Å². The predicted octanol–water partition coefficient (Wildman–Crippen LogP) is 0.837. The van der Waals surface area contributed by atoms with Gasteiger partial charge in [-0.3, -0.25) is 0 Å². The lowest BCUT2D eigenvalue weighted by Crippen LogP contribution is -2.22. The molecule has 0 bridgehead atoms. The van der Waals surface area contributed by atoms with E-state index in [4.69, 9.17) is 11.5 Å². The van der Waals surface area contributed by atoms with Crippen molar-refractivity contribution in [3.05, 3.63) is 36.0 Å². The number of hydrogen-bond acceptors (Lipinski definition) is 4. The van der Waals surface area contributed by atoms with Gasteiger partial charge in [-0.05, 0) is 18.9 Å². The van der Waals surface area contributed by atoms with Crippen LogP contribution in [-0.4, -0.2) is 30.3 Å². The van der Waals surface area contributed by atoms with Crippen LogP contribution in [0.2, 0.25) is 0 Å². The van der Waals surface area contributed by atoms with Crippen molar-refractivity contribution >= 4 is 32.6 Å². The normalized spacial score (nSPS) is 16.0. The van der Waals surface area contributed by atoms with Gasteiger partial charge in [-0.1, -0.05) is 18.2 Å². The van der Waals surface area contributed by atoms with Gasteiger partial charge >= 0.3 is 0 Å². The van der Waals surface area contributed by atoms with E-state index in [0.717, 1.165) is 29.5 Å². The molecule has 1 aromatic heterocycles. The fourth-order valence-electron chi connectivity index (χ4n) is 2.45. The minimum Gasteiger partial charge on any atom is -0.369 e. The highest BCUT2D eigenvalue weighted by Crippen LogP contribution is 2.36. The van der Waals surface area contributed by atoms with Crippen molar-refractivity contribution < 1.29 is 8.42 Å². The number of fused-ring (bicyclic) bond motifs is 1. The summed E-state index contributed by atoms with van der Waals surface area (Å²) >= 11 is 0. The van der Waals surface area contributed by atoms with Crippen LogP contribution in [0.5, 0.6) is 0 Å². The smallest absolute Gasteiger partial charge is 0.236 e. The molecule has 1 saturated carbocycles. The molecule has 8 heteroatoms. The lowest BCUT2D eigenvalue weighted by atomic mass is 10.1. The van der Waals surface area contributed by atoms with Crippen molar-refractivity contribution in [1.82, 2.24) is 3.97 Å². The first-order valence-corrected chi connectivity index (χ1v) is 8.70. The molecular weight excluding hydrogens is 302 g/mol. The van der Waals surface area contributed by atoms with E-state index in [1.807, 2.05) is 12.1 Å². The highest BCUT2D eigenvalue weighted by Gasteiger charge is 2.31. The maximum absolute atomic E-state index is 12.0. The van der Waals surface area contributed by atoms with Crippen LogP contribution in [0.4, 0.5) is 0 Å². The number of aromatic nitrogens is 1. The van der Waals surface area contributed by atoms with Crippen LogP contribution < -0.4 is 11.5 Å². The van der Waals surface area contributed by atoms with Crippen molar-refractivity contribution in [3.63, 3.8) is 0 Å². The Hall–Kier alpha value is -2.35. The number of para-hydroxylation sites is 1. The summed E-state index contributed by atoms with van der Waals surface area (Å²) in [4.78, 5) is 0. The second kappa shape index (κ2) is 5.13. The molecule has 2 aromatic rings. The molecule has 0 aliphatic heterocycles. The zero-order valence-corrected chi connectivity index (χ0v) is 12.9. The van der Waals surface area contributed by atoms with E-state index in [-0.39, 0.29) is 11.9 Å². The van der Waals surface area contributed by atoms with Gasteiger partial charge in [0.1, 0.15) is 0 Å². The fourth-order valence-corrected chi connectivity index (χ4v) is 3.27. The molecule has 3 rings (SSSR count). The van der Waals surface area contributed by atoms with Gasteiger partial charge in [0.15, 0.2) is 0 Å². The second-order valence-electron chi connectivity index (χ2n) is 5.40. The number of benzene rings is 1. The molecule has 116 valence electrons. The molecule has 0 saturated heterocycles. The molecule has 0 amide bonds. The first-order chi connectivity index (χ1) is 10.4. The summed E-state index contributed by atoms with van der Waals surface area (Å²) in [5, 5.41) is 8.71. The maximum atomic E-state index is 12.0. The monoisotopic (exact) mass is 319 g/mol. The Morgan fingerprint density at radius 1 is 1.23 bits per heavy atom. The highest BCUT2D eigenvalue weighted by atomic mass is 32.2. The van der Waals surface area contributed by atoms with Gasteiger partial charge in [-0.2, -0.15) is 5.10 Å². The Morgan fingerprint density at radius 2 is 1.91 bits per heavy atom. The second-order valence-corrected chi connectivity index (χ2v) is 7.26. The van der Waals surface area contributed by atoms with Crippen molar-refractivity contribution in [2.24, 2.45) is 27.6 Å². The average molecular weight is 319 g/mol. The summed E-state index contributed by atoms with van der Waals surface area (Å²) in [6.45, 7) is 0. The van der Waals surface area contributed by atoms with E-state index in [0.29, 0.717) is 5.52 Å². The average Bonchev–Trinajstić information content (AvgIpc) is 3.19. The lowest BCUT2D eigenvalue weighted by Gasteiger charge is -2.01. The third kappa shape index (κ3) is 2.69. The molecular formula is C14H17N5O2S. The fraction of sp³-hybridized carbons (Fsp3) is 0.286. The maximum Gasteiger partial charge on any atom is 0.236 e. The van der Waals surface area contributed by atoms with E-state index >= 15 is 0 Å². The van der Waals surface area contributed by atoms with Crippen LogP contribution in [0, 0.1) is 5.92 Å². The van der Waals surface area contributed by atoms with E-state index in [2.05, 4.69) is 10.2 Å². The largest absolute Gasteiger partial charge is 0.369 e. The van der Waals surface area contributed by atoms with Crippen LogP contribution in [0.15, 0.2) is 40.7 Å². The minimum atomic E-state index is -3.40. The van der Waals surface area contributed by atoms with Gasteiger partial charge in [0, 0.05) is 23.1 Å². The van der Waals surface area contributed by atoms with Crippen LogP contribution in [0.1, 0.15) is 18.4 Å². The zero-order valence-electron chi connectivity index (χ0n) is 12.1. The third-order valence-electron chi connectivity index (χ3n) is 3.55. The molecule has 4 N–H and O–H groups in total. The van der Waals surface area contributed by atoms with Crippen molar-refractivity contribution in [3.8, 4) is 0 Å². The Balaban J connectivity index is 2.26. The molecule has 0 radical (unpaired) electrons. The highest BCUT2D eigenvalue weighted by molar-refractivity contribution is 7.89. The summed E-state index contributed by atoms with van der Waals surface area (Å²) in [6, 6.07) is 7.31. The minimum absolute atomic E-state index is 0.120. The molecule has 1 aromatic carbocycles. The van der Waals surface area contributed by atoms with Crippen molar-refractivity contribution in [2.45, 2.75) is 12.8 Å². The van der Waals surface area contributed by atoms with Crippen LogP contribution in [-0.2, 0) is 10.0 Å². The zero-order chi connectivity index (χ0) is 15.9. The SMILES string of the molecule is CS(=O)(=O)n1cc(/C(=N/N=C(N)N)C2CC2)c2ccccc21. The quantitative estimate of drug-likeness (QED) is 0.493. The number of rotatable bonds is 4. The predicted molar refractivity (Wildman–Crippen MR) is 87.3 cm³/mol. The Kier molecular flexibility index (Phi) is 3.40. The van der Waals surface area contributed by atoms with Gasteiger partial charge in [0.05, 0.1) is 17.5 Å². The molecule has 1 fully saturated rings. The first-order valence-electron chi connectivity index (χ1n) is 6.85. The number of guanidine groups is 1. The van der Waals surface area contributed by atoms with Gasteiger partial charge in [0.25, 0.3) is 0 Å². The van der Waals surface area contributed by atoms with E-state index < -0.39 is 10.0 Å². The van der Waals surface area contributed by atoms with Gasteiger partial charge in [-0.25, -0.2) is 12.4 Å². The number of nitrogens with two attached hydrogens (primary N) is 2. The number of nitrogens with zero attached hydrogens (tertiary/aromatic N) is 3. The van der Waals surface area contributed by atoms with Crippen LogP contribution >= 0.6 is 0 Å². The van der Waals surface area contributed by atoms with Gasteiger partial charge < -0.3 is 11.5 Å². The molecule has 0 unspecified atom stereocenters. The summed E-state index contributed by atoms with van der Waals surface area (Å²) < 4.78 is 25.2. The standard InChI is InChI=1S/C14H17N5O2S/c1-22(20,21)19-8-11(10-4-2-3-5-12(10)19)13(9-6-7-9)17-18-14(15)16/h2-5,8-9H,6-7H2,1H3,(H4,15,16,18)/b17-13+. The van der Waals surface area contributed by atoms with Gasteiger partial charge in [-0.15, -0.1) is 5.10 Å². The van der Waals surface area contributed by atoms with E-state index in [9.17, 15) is 8.42 Å². The van der Waals surface area contributed by atoms with E-state index in [1.54, 1.807) is 18.3 Å². The van der Waals surface area contributed by atoms with Gasteiger partial charge in [0.2, 0.25) is 16.0 Å². The molecule has 0 atom stereocenters. The Morgan fingerprint density at radius 3 is 2.50 bits per heavy atom. The number of hydrogen-bond donors (Lipinski definition) is 2. The molecule has 22 heavy (non-hydrogen) atoms. The lowest BCUT2D eigenvalue weighted by molar-refractivity contribution is 0.595. The molecule has 1 aliphatic carbocycles. The molecule has 0 spiro atoms. The van der Waals surface area contributed by atoms with Crippen LogP contribution in [0.25, 0.3) is 10.9 Å². The summed E-state index contributed by atoms with van der Waals surface area (Å²) in [6.07, 6.45) is 4.76.